The molecule has 19 heavy (non-hydrogen) atoms. The Morgan fingerprint density at radius 3 is 2.58 bits per heavy atom. The second-order valence-corrected chi connectivity index (χ2v) is 4.64. The maximum Gasteiger partial charge on any atom is 0.138 e. The molecule has 0 unspecified atom stereocenters. The zero-order valence-corrected chi connectivity index (χ0v) is 11.2. The number of benzene rings is 2. The minimum absolute atomic E-state index is 0.577. The minimum Gasteiger partial charge on any atom is -0.495 e. The Labute approximate surface area is 116 Å². The molecule has 0 amide bonds. The van der Waals surface area contributed by atoms with E-state index in [1.165, 1.54) is 0 Å². The highest BCUT2D eigenvalue weighted by atomic mass is 35.5. The van der Waals surface area contributed by atoms with Crippen molar-refractivity contribution in [3.05, 3.63) is 59.8 Å². The van der Waals surface area contributed by atoms with Gasteiger partial charge in [0.05, 0.1) is 17.6 Å². The summed E-state index contributed by atoms with van der Waals surface area (Å²) in [4.78, 5) is 4.36. The first kappa shape index (κ1) is 12.0. The number of fused-ring (bicyclic) bond motifs is 1. The van der Waals surface area contributed by atoms with Crippen LogP contribution in [0.1, 0.15) is 0 Å². The summed E-state index contributed by atoms with van der Waals surface area (Å²) in [6, 6.07) is 16.0. The highest BCUT2D eigenvalue weighted by molar-refractivity contribution is 6.33. The van der Waals surface area contributed by atoms with Crippen LogP contribution >= 0.6 is 11.6 Å². The summed E-state index contributed by atoms with van der Waals surface area (Å²) in [6.45, 7) is 0. The number of aromatic nitrogens is 1. The van der Waals surface area contributed by atoms with Gasteiger partial charge < -0.3 is 4.74 Å². The number of hydrogen-bond donors (Lipinski definition) is 0. The summed E-state index contributed by atoms with van der Waals surface area (Å²) in [5.74, 6) is 0.666. The second kappa shape index (κ2) is 4.90. The lowest BCUT2D eigenvalue weighted by Crippen LogP contribution is -1.88. The molecule has 0 bridgehead atoms. The molecule has 0 spiro atoms. The van der Waals surface area contributed by atoms with Crippen molar-refractivity contribution < 1.29 is 4.74 Å². The van der Waals surface area contributed by atoms with E-state index in [-0.39, 0.29) is 0 Å². The van der Waals surface area contributed by atoms with E-state index in [0.717, 1.165) is 22.0 Å². The molecule has 2 nitrogen and oxygen atoms in total. The molecule has 1 heterocycles. The number of pyridine rings is 1. The fourth-order valence-electron chi connectivity index (χ4n) is 2.17. The van der Waals surface area contributed by atoms with Gasteiger partial charge in [0.2, 0.25) is 0 Å². The molecule has 0 fully saturated rings. The van der Waals surface area contributed by atoms with Crippen LogP contribution in [0.2, 0.25) is 5.02 Å². The van der Waals surface area contributed by atoms with E-state index in [1.807, 2.05) is 36.4 Å². The van der Waals surface area contributed by atoms with Crippen molar-refractivity contribution in [2.75, 3.05) is 7.11 Å². The number of rotatable bonds is 2. The summed E-state index contributed by atoms with van der Waals surface area (Å²) in [6.07, 6.45) is 1.80. The quantitative estimate of drug-likeness (QED) is 0.680. The Morgan fingerprint density at radius 1 is 1.05 bits per heavy atom. The molecular formula is C16H12ClNO. The molecule has 0 aliphatic rings. The van der Waals surface area contributed by atoms with E-state index >= 15 is 0 Å². The predicted octanol–water partition coefficient (Wildman–Crippen LogP) is 4.56. The predicted molar refractivity (Wildman–Crippen MR) is 78.7 cm³/mol. The number of hydrogen-bond acceptors (Lipinski definition) is 2. The Morgan fingerprint density at radius 2 is 1.84 bits per heavy atom. The molecule has 0 saturated heterocycles. The van der Waals surface area contributed by atoms with Gasteiger partial charge in [0.15, 0.2) is 0 Å². The molecule has 0 aliphatic carbocycles. The highest BCUT2D eigenvalue weighted by Gasteiger charge is 2.08. The van der Waals surface area contributed by atoms with Gasteiger partial charge in [-0.25, -0.2) is 0 Å². The van der Waals surface area contributed by atoms with E-state index in [1.54, 1.807) is 13.3 Å². The van der Waals surface area contributed by atoms with Gasteiger partial charge in [-0.1, -0.05) is 41.9 Å². The first-order valence-electron chi connectivity index (χ1n) is 5.97. The summed E-state index contributed by atoms with van der Waals surface area (Å²) in [7, 11) is 1.62. The Hall–Kier alpha value is -2.06. The fourth-order valence-corrected chi connectivity index (χ4v) is 2.41. The number of ether oxygens (including phenoxy) is 1. The molecule has 1 aromatic heterocycles. The van der Waals surface area contributed by atoms with E-state index in [4.69, 9.17) is 16.3 Å². The fraction of sp³-hybridized carbons (Fsp3) is 0.0625. The van der Waals surface area contributed by atoms with Crippen LogP contribution in [0.25, 0.3) is 22.0 Å². The van der Waals surface area contributed by atoms with Crippen molar-refractivity contribution in [2.45, 2.75) is 0 Å². The maximum atomic E-state index is 6.14. The topological polar surface area (TPSA) is 22.1 Å². The van der Waals surface area contributed by atoms with Crippen molar-refractivity contribution in [1.82, 2.24) is 4.98 Å². The second-order valence-electron chi connectivity index (χ2n) is 4.23. The minimum atomic E-state index is 0.577. The molecule has 0 N–H and O–H groups in total. The Kier molecular flexibility index (Phi) is 3.10. The zero-order chi connectivity index (χ0) is 13.2. The van der Waals surface area contributed by atoms with E-state index in [2.05, 4.69) is 17.1 Å². The molecule has 0 saturated carbocycles. The van der Waals surface area contributed by atoms with E-state index in [9.17, 15) is 0 Å². The molecular weight excluding hydrogens is 258 g/mol. The van der Waals surface area contributed by atoms with Gasteiger partial charge in [-0.05, 0) is 29.3 Å². The van der Waals surface area contributed by atoms with Crippen LogP contribution < -0.4 is 4.74 Å². The molecule has 0 aliphatic heterocycles. The van der Waals surface area contributed by atoms with Gasteiger partial charge in [-0.3, -0.25) is 4.98 Å². The van der Waals surface area contributed by atoms with Gasteiger partial charge in [0.25, 0.3) is 0 Å². The molecule has 2 aromatic carbocycles. The third kappa shape index (κ3) is 2.15. The van der Waals surface area contributed by atoms with Crippen molar-refractivity contribution >= 4 is 22.5 Å². The number of nitrogens with zero attached hydrogens (tertiary/aromatic N) is 1. The van der Waals surface area contributed by atoms with Gasteiger partial charge in [0.1, 0.15) is 5.75 Å². The third-order valence-electron chi connectivity index (χ3n) is 3.10. The lowest BCUT2D eigenvalue weighted by Gasteiger charge is -2.09. The van der Waals surface area contributed by atoms with Gasteiger partial charge in [-0.15, -0.1) is 0 Å². The monoisotopic (exact) mass is 269 g/mol. The summed E-state index contributed by atoms with van der Waals surface area (Å²) in [5, 5.41) is 1.61. The van der Waals surface area contributed by atoms with Crippen molar-refractivity contribution in [2.24, 2.45) is 0 Å². The van der Waals surface area contributed by atoms with Crippen LogP contribution in [-0.4, -0.2) is 12.1 Å². The van der Waals surface area contributed by atoms with E-state index < -0.39 is 0 Å². The zero-order valence-electron chi connectivity index (χ0n) is 10.4. The van der Waals surface area contributed by atoms with Crippen molar-refractivity contribution in [1.29, 1.82) is 0 Å². The summed E-state index contributed by atoms with van der Waals surface area (Å²) in [5.41, 5.74) is 3.15. The smallest absolute Gasteiger partial charge is 0.138 e. The molecule has 94 valence electrons. The largest absolute Gasteiger partial charge is 0.495 e. The van der Waals surface area contributed by atoms with E-state index in [0.29, 0.717) is 10.8 Å². The van der Waals surface area contributed by atoms with Crippen LogP contribution in [0.5, 0.6) is 5.75 Å². The molecule has 3 heteroatoms. The Bertz CT molecular complexity index is 725. The normalized spacial score (nSPS) is 10.6. The van der Waals surface area contributed by atoms with Crippen molar-refractivity contribution in [3.8, 4) is 16.9 Å². The first-order chi connectivity index (χ1) is 9.29. The Balaban J connectivity index is 2.31. The summed E-state index contributed by atoms with van der Waals surface area (Å²) < 4.78 is 5.28. The average molecular weight is 270 g/mol. The van der Waals surface area contributed by atoms with Crippen molar-refractivity contribution in [3.63, 3.8) is 0 Å². The number of methoxy groups -OCH3 is 1. The van der Waals surface area contributed by atoms with Gasteiger partial charge >= 0.3 is 0 Å². The van der Waals surface area contributed by atoms with Crippen LogP contribution in [0.4, 0.5) is 0 Å². The molecule has 3 aromatic rings. The molecule has 0 radical (unpaired) electrons. The highest BCUT2D eigenvalue weighted by Crippen LogP contribution is 2.34. The first-order valence-corrected chi connectivity index (χ1v) is 6.35. The maximum absolute atomic E-state index is 6.14. The van der Waals surface area contributed by atoms with Crippen LogP contribution in [0.3, 0.4) is 0 Å². The average Bonchev–Trinajstić information content (AvgIpc) is 2.46. The lowest BCUT2D eigenvalue weighted by atomic mass is 10.0. The van der Waals surface area contributed by atoms with Gasteiger partial charge in [0, 0.05) is 11.6 Å². The molecule has 3 rings (SSSR count). The van der Waals surface area contributed by atoms with Gasteiger partial charge in [-0.2, -0.15) is 0 Å². The standard InChI is InChI=1S/C16H12ClNO/c1-19-16-9-13-12(11-5-3-2-4-6-11)7-8-18-15(13)10-14(16)17/h2-10H,1H3. The van der Waals surface area contributed by atoms with Crippen LogP contribution in [-0.2, 0) is 0 Å². The SMILES string of the molecule is COc1cc2c(-c3ccccc3)ccnc2cc1Cl. The summed E-state index contributed by atoms with van der Waals surface area (Å²) >= 11 is 6.14. The third-order valence-corrected chi connectivity index (χ3v) is 3.40. The molecule has 0 atom stereocenters. The lowest BCUT2D eigenvalue weighted by molar-refractivity contribution is 0.415. The van der Waals surface area contributed by atoms with Crippen LogP contribution in [0.15, 0.2) is 54.7 Å². The number of halogens is 1. The van der Waals surface area contributed by atoms with Crippen LogP contribution in [0, 0.1) is 0 Å².